The molecule has 0 bridgehead atoms. The Hall–Kier alpha value is -2.61. The van der Waals surface area contributed by atoms with Gasteiger partial charge in [-0.3, -0.25) is 4.90 Å². The predicted octanol–water partition coefficient (Wildman–Crippen LogP) is 3.77. The minimum Gasteiger partial charge on any atom is -0.368 e. The topological polar surface area (TPSA) is 40.7 Å². The molecule has 4 rings (SSSR count). The van der Waals surface area contributed by atoms with Crippen LogP contribution in [0.4, 0.5) is 0 Å². The second-order valence-corrected chi connectivity index (χ2v) is 6.67. The molecule has 0 amide bonds. The van der Waals surface area contributed by atoms with E-state index in [-0.39, 0.29) is 12.2 Å². The van der Waals surface area contributed by atoms with Crippen LogP contribution < -0.4 is 0 Å². The van der Waals surface area contributed by atoms with Crippen LogP contribution in [-0.4, -0.2) is 28.5 Å². The fourth-order valence-electron chi connectivity index (χ4n) is 3.69. The van der Waals surface area contributed by atoms with Gasteiger partial charge in [-0.05, 0) is 24.6 Å². The minimum atomic E-state index is 0.0764. The van der Waals surface area contributed by atoms with E-state index >= 15 is 0 Å². The van der Waals surface area contributed by atoms with Crippen molar-refractivity contribution in [1.82, 2.24) is 9.30 Å². The number of pyridine rings is 1. The second-order valence-electron chi connectivity index (χ2n) is 6.67. The Balaban J connectivity index is 1.59. The third-order valence-corrected chi connectivity index (χ3v) is 4.78. The van der Waals surface area contributed by atoms with Crippen molar-refractivity contribution in [1.29, 1.82) is 5.26 Å². The van der Waals surface area contributed by atoms with Crippen molar-refractivity contribution >= 4 is 5.52 Å². The molecule has 0 aliphatic carbocycles. The van der Waals surface area contributed by atoms with Crippen LogP contribution in [0, 0.1) is 11.3 Å². The summed E-state index contributed by atoms with van der Waals surface area (Å²) in [6.45, 7) is 4.59. The van der Waals surface area contributed by atoms with Crippen molar-refractivity contribution in [2.45, 2.75) is 25.7 Å². The van der Waals surface area contributed by atoms with Gasteiger partial charge in [0.05, 0.1) is 23.3 Å². The van der Waals surface area contributed by atoms with Gasteiger partial charge in [0.1, 0.15) is 6.07 Å². The van der Waals surface area contributed by atoms with E-state index in [1.807, 2.05) is 34.9 Å². The molecule has 3 aromatic rings. The molecule has 1 aliphatic rings. The molecule has 25 heavy (non-hydrogen) atoms. The molecule has 2 unspecified atom stereocenters. The summed E-state index contributed by atoms with van der Waals surface area (Å²) in [7, 11) is 0. The number of nitrogens with zero attached hydrogens (tertiary/aromatic N) is 3. The number of morpholine rings is 1. The zero-order valence-electron chi connectivity index (χ0n) is 14.3. The lowest BCUT2D eigenvalue weighted by Crippen LogP contribution is -2.42. The molecule has 0 spiro atoms. The predicted molar refractivity (Wildman–Crippen MR) is 97.1 cm³/mol. The van der Waals surface area contributed by atoms with E-state index in [0.29, 0.717) is 0 Å². The molecule has 0 N–H and O–H groups in total. The highest BCUT2D eigenvalue weighted by Gasteiger charge is 2.27. The highest BCUT2D eigenvalue weighted by Crippen LogP contribution is 2.27. The van der Waals surface area contributed by atoms with E-state index in [1.165, 1.54) is 5.56 Å². The van der Waals surface area contributed by atoms with E-state index in [0.717, 1.165) is 36.3 Å². The number of aromatic nitrogens is 1. The fourth-order valence-corrected chi connectivity index (χ4v) is 3.69. The zero-order chi connectivity index (χ0) is 17.2. The standard InChI is InChI=1S/C21H21N3O/c1-16-12-23(15-21(25-16)17-7-3-2-4-8-17)13-18-14-24-10-6-5-9-20(24)19(18)11-22/h2-10,14,16,21H,12-13,15H2,1H3. The van der Waals surface area contributed by atoms with Gasteiger partial charge in [0.25, 0.3) is 0 Å². The molecule has 0 saturated carbocycles. The van der Waals surface area contributed by atoms with Crippen LogP contribution in [-0.2, 0) is 11.3 Å². The van der Waals surface area contributed by atoms with Crippen molar-refractivity contribution in [3.8, 4) is 6.07 Å². The summed E-state index contributed by atoms with van der Waals surface area (Å²) in [6, 6.07) is 18.7. The molecule has 4 heteroatoms. The number of rotatable bonds is 3. The lowest BCUT2D eigenvalue weighted by atomic mass is 10.1. The van der Waals surface area contributed by atoms with Crippen molar-refractivity contribution in [2.24, 2.45) is 0 Å². The van der Waals surface area contributed by atoms with E-state index < -0.39 is 0 Å². The number of hydrogen-bond acceptors (Lipinski definition) is 3. The van der Waals surface area contributed by atoms with Crippen molar-refractivity contribution in [3.05, 3.63) is 77.6 Å². The van der Waals surface area contributed by atoms with Gasteiger partial charge in [0.2, 0.25) is 0 Å². The maximum absolute atomic E-state index is 9.61. The average molecular weight is 331 g/mol. The third-order valence-electron chi connectivity index (χ3n) is 4.78. The smallest absolute Gasteiger partial charge is 0.102 e. The Morgan fingerprint density at radius 1 is 1.12 bits per heavy atom. The Bertz CT molecular complexity index is 910. The third kappa shape index (κ3) is 3.17. The molecule has 2 atom stereocenters. The first kappa shape index (κ1) is 15.9. The average Bonchev–Trinajstić information content (AvgIpc) is 2.99. The Morgan fingerprint density at radius 3 is 2.72 bits per heavy atom. The van der Waals surface area contributed by atoms with Crippen LogP contribution in [0.5, 0.6) is 0 Å². The summed E-state index contributed by atoms with van der Waals surface area (Å²) >= 11 is 0. The van der Waals surface area contributed by atoms with E-state index in [9.17, 15) is 5.26 Å². The quantitative estimate of drug-likeness (QED) is 0.733. The Kier molecular flexibility index (Phi) is 4.27. The molecule has 1 fully saturated rings. The largest absolute Gasteiger partial charge is 0.368 e. The monoisotopic (exact) mass is 331 g/mol. The second kappa shape index (κ2) is 6.72. The van der Waals surface area contributed by atoms with Gasteiger partial charge in [-0.15, -0.1) is 0 Å². The van der Waals surface area contributed by atoms with Gasteiger partial charge in [-0.25, -0.2) is 0 Å². The van der Waals surface area contributed by atoms with E-state index in [2.05, 4.69) is 48.4 Å². The number of benzene rings is 1. The van der Waals surface area contributed by atoms with Gasteiger partial charge >= 0.3 is 0 Å². The summed E-state index contributed by atoms with van der Waals surface area (Å²) < 4.78 is 8.18. The number of fused-ring (bicyclic) bond motifs is 1. The molecule has 0 radical (unpaired) electrons. The van der Waals surface area contributed by atoms with Crippen molar-refractivity contribution < 1.29 is 4.74 Å². The number of hydrogen-bond donors (Lipinski definition) is 0. The van der Waals surface area contributed by atoms with Crippen LogP contribution in [0.3, 0.4) is 0 Å². The summed E-state index contributed by atoms with van der Waals surface area (Å²) in [6.07, 6.45) is 4.31. The summed E-state index contributed by atoms with van der Waals surface area (Å²) in [5, 5.41) is 9.61. The van der Waals surface area contributed by atoms with Crippen molar-refractivity contribution in [3.63, 3.8) is 0 Å². The first-order chi connectivity index (χ1) is 12.2. The van der Waals surface area contributed by atoms with Crippen LogP contribution in [0.1, 0.15) is 29.7 Å². The lowest BCUT2D eigenvalue weighted by Gasteiger charge is -2.37. The molecule has 126 valence electrons. The highest BCUT2D eigenvalue weighted by atomic mass is 16.5. The first-order valence-corrected chi connectivity index (χ1v) is 8.66. The Labute approximate surface area is 147 Å². The van der Waals surface area contributed by atoms with E-state index in [1.54, 1.807) is 0 Å². The molecule has 3 heterocycles. The summed E-state index contributed by atoms with van der Waals surface area (Å²) in [5.41, 5.74) is 4.04. The normalized spacial score (nSPS) is 21.3. The SMILES string of the molecule is CC1CN(Cc2cn3ccccc3c2C#N)CC(c2ccccc2)O1. The maximum atomic E-state index is 9.61. The highest BCUT2D eigenvalue weighted by molar-refractivity contribution is 5.65. The van der Waals surface area contributed by atoms with Gasteiger partial charge in [-0.1, -0.05) is 36.4 Å². The fraction of sp³-hybridized carbons (Fsp3) is 0.286. The first-order valence-electron chi connectivity index (χ1n) is 8.66. The molecule has 1 aromatic carbocycles. The van der Waals surface area contributed by atoms with Crippen LogP contribution in [0.15, 0.2) is 60.9 Å². The van der Waals surface area contributed by atoms with Gasteiger partial charge in [0, 0.05) is 37.6 Å². The van der Waals surface area contributed by atoms with E-state index in [4.69, 9.17) is 4.74 Å². The number of ether oxygens (including phenoxy) is 1. The molecular formula is C21H21N3O. The molecular weight excluding hydrogens is 310 g/mol. The Morgan fingerprint density at radius 2 is 1.92 bits per heavy atom. The lowest BCUT2D eigenvalue weighted by molar-refractivity contribution is -0.0814. The van der Waals surface area contributed by atoms with Crippen LogP contribution in [0.2, 0.25) is 0 Å². The number of nitriles is 1. The molecule has 1 aliphatic heterocycles. The summed E-state index contributed by atoms with van der Waals surface area (Å²) in [5.74, 6) is 0. The van der Waals surface area contributed by atoms with Gasteiger partial charge in [-0.2, -0.15) is 5.26 Å². The van der Waals surface area contributed by atoms with Crippen LogP contribution >= 0.6 is 0 Å². The summed E-state index contributed by atoms with van der Waals surface area (Å²) in [4.78, 5) is 2.39. The van der Waals surface area contributed by atoms with Crippen molar-refractivity contribution in [2.75, 3.05) is 13.1 Å². The molecule has 2 aromatic heterocycles. The van der Waals surface area contributed by atoms with Gasteiger partial charge < -0.3 is 9.14 Å². The minimum absolute atomic E-state index is 0.0764. The molecule has 1 saturated heterocycles. The zero-order valence-corrected chi connectivity index (χ0v) is 14.3. The molecule has 4 nitrogen and oxygen atoms in total. The maximum Gasteiger partial charge on any atom is 0.102 e. The van der Waals surface area contributed by atoms with Gasteiger partial charge in [0.15, 0.2) is 0 Å². The van der Waals surface area contributed by atoms with Crippen LogP contribution in [0.25, 0.3) is 5.52 Å².